The highest BCUT2D eigenvalue weighted by Crippen LogP contribution is 2.27. The van der Waals surface area contributed by atoms with Gasteiger partial charge in [0.2, 0.25) is 0 Å². The van der Waals surface area contributed by atoms with Crippen LogP contribution in [-0.2, 0) is 0 Å². The van der Waals surface area contributed by atoms with Crippen molar-refractivity contribution in [2.45, 2.75) is 75.5 Å². The SMILES string of the molecule is C1=C2CCC(=CC3CCC(=CC4CCC(C=C5CCC1N5)N4)N3)N2. The van der Waals surface area contributed by atoms with Crippen LogP contribution < -0.4 is 21.3 Å². The quantitative estimate of drug-likeness (QED) is 0.553. The van der Waals surface area contributed by atoms with Gasteiger partial charge in [-0.15, -0.1) is 0 Å². The molecule has 0 aromatic rings. The number of fused-ring (bicyclic) bond motifs is 8. The van der Waals surface area contributed by atoms with Crippen LogP contribution >= 0.6 is 0 Å². The van der Waals surface area contributed by atoms with Gasteiger partial charge in [-0.05, 0) is 75.7 Å². The van der Waals surface area contributed by atoms with E-state index in [1.807, 2.05) is 0 Å². The largest absolute Gasteiger partial charge is 0.382 e. The summed E-state index contributed by atoms with van der Waals surface area (Å²) in [6.07, 6.45) is 19.4. The summed E-state index contributed by atoms with van der Waals surface area (Å²) >= 11 is 0. The first kappa shape index (κ1) is 14.6. The lowest BCUT2D eigenvalue weighted by Gasteiger charge is -2.13. The molecule has 5 heterocycles. The van der Waals surface area contributed by atoms with Crippen molar-refractivity contribution >= 4 is 0 Å². The fourth-order valence-corrected chi connectivity index (χ4v) is 4.79. The number of allylic oxidation sites excluding steroid dienone is 4. The van der Waals surface area contributed by atoms with Crippen LogP contribution in [0.3, 0.4) is 0 Å². The predicted octanol–water partition coefficient (Wildman–Crippen LogP) is 2.54. The second kappa shape index (κ2) is 5.99. The molecule has 0 spiro atoms. The Morgan fingerprint density at radius 2 is 1.04 bits per heavy atom. The predicted molar refractivity (Wildman–Crippen MR) is 97.0 cm³/mol. The summed E-state index contributed by atoms with van der Waals surface area (Å²) < 4.78 is 0. The maximum absolute atomic E-state index is 3.79. The van der Waals surface area contributed by atoms with Crippen LogP contribution in [0.15, 0.2) is 47.1 Å². The van der Waals surface area contributed by atoms with E-state index in [-0.39, 0.29) is 0 Å². The maximum atomic E-state index is 3.79. The molecule has 0 saturated carbocycles. The lowest BCUT2D eigenvalue weighted by atomic mass is 10.1. The van der Waals surface area contributed by atoms with Gasteiger partial charge in [-0.2, -0.15) is 0 Å². The summed E-state index contributed by atoms with van der Waals surface area (Å²) in [6.45, 7) is 0. The summed E-state index contributed by atoms with van der Waals surface area (Å²) in [5.74, 6) is 0. The van der Waals surface area contributed by atoms with Crippen LogP contribution in [-0.4, -0.2) is 24.2 Å². The average molecular weight is 324 g/mol. The Bertz CT molecular complexity index is 588. The molecule has 4 atom stereocenters. The molecular formula is C20H28N4. The van der Waals surface area contributed by atoms with Crippen LogP contribution in [0, 0.1) is 0 Å². The molecule has 5 aliphatic rings. The van der Waals surface area contributed by atoms with Gasteiger partial charge in [-0.25, -0.2) is 0 Å². The number of rotatable bonds is 0. The third kappa shape index (κ3) is 3.00. The minimum Gasteiger partial charge on any atom is -0.382 e. The summed E-state index contributed by atoms with van der Waals surface area (Å²) in [4.78, 5) is 0. The van der Waals surface area contributed by atoms with E-state index in [9.17, 15) is 0 Å². The van der Waals surface area contributed by atoms with Crippen molar-refractivity contribution in [1.29, 1.82) is 0 Å². The third-order valence-corrected chi connectivity index (χ3v) is 6.00. The van der Waals surface area contributed by atoms with E-state index in [0.29, 0.717) is 24.2 Å². The number of nitrogens with one attached hydrogen (secondary N) is 4. The molecule has 4 heteroatoms. The van der Waals surface area contributed by atoms with Crippen molar-refractivity contribution in [3.63, 3.8) is 0 Å². The van der Waals surface area contributed by atoms with Crippen LogP contribution in [0.25, 0.3) is 0 Å². The van der Waals surface area contributed by atoms with E-state index in [0.717, 1.165) is 12.8 Å². The van der Waals surface area contributed by atoms with Gasteiger partial charge in [0, 0.05) is 47.0 Å². The van der Waals surface area contributed by atoms with Gasteiger partial charge >= 0.3 is 0 Å². The molecule has 0 radical (unpaired) electrons. The first-order valence-electron chi connectivity index (χ1n) is 9.69. The first-order chi connectivity index (χ1) is 11.8. The fourth-order valence-electron chi connectivity index (χ4n) is 4.79. The molecule has 8 bridgehead atoms. The zero-order valence-corrected chi connectivity index (χ0v) is 14.3. The Kier molecular flexibility index (Phi) is 3.66. The minimum absolute atomic E-state index is 0.499. The van der Waals surface area contributed by atoms with Crippen molar-refractivity contribution < 1.29 is 0 Å². The van der Waals surface area contributed by atoms with E-state index >= 15 is 0 Å². The second-order valence-corrected chi connectivity index (χ2v) is 7.93. The smallest absolute Gasteiger partial charge is 0.0464 e. The third-order valence-electron chi connectivity index (χ3n) is 6.00. The van der Waals surface area contributed by atoms with E-state index in [1.165, 1.54) is 61.3 Å². The van der Waals surface area contributed by atoms with E-state index in [2.05, 4.69) is 45.6 Å². The molecule has 0 aromatic heterocycles. The van der Waals surface area contributed by atoms with Crippen LogP contribution in [0.2, 0.25) is 0 Å². The number of hydrogen-bond acceptors (Lipinski definition) is 4. The van der Waals surface area contributed by atoms with Crippen molar-refractivity contribution in [2.75, 3.05) is 0 Å². The van der Waals surface area contributed by atoms with E-state index in [1.54, 1.807) is 0 Å². The van der Waals surface area contributed by atoms with Crippen molar-refractivity contribution in [2.24, 2.45) is 0 Å². The lowest BCUT2D eigenvalue weighted by molar-refractivity contribution is 0.655. The Morgan fingerprint density at radius 1 is 0.542 bits per heavy atom. The fraction of sp³-hybridized carbons (Fsp3) is 0.600. The lowest BCUT2D eigenvalue weighted by Crippen LogP contribution is -2.29. The molecule has 0 aliphatic carbocycles. The topological polar surface area (TPSA) is 48.1 Å². The van der Waals surface area contributed by atoms with Gasteiger partial charge in [-0.3, -0.25) is 0 Å². The molecule has 4 N–H and O–H groups in total. The second-order valence-electron chi connectivity index (χ2n) is 7.93. The molecule has 0 aromatic carbocycles. The summed E-state index contributed by atoms with van der Waals surface area (Å²) in [6, 6.07) is 2.06. The van der Waals surface area contributed by atoms with Gasteiger partial charge in [0.1, 0.15) is 0 Å². The van der Waals surface area contributed by atoms with Gasteiger partial charge in [0.15, 0.2) is 0 Å². The summed E-state index contributed by atoms with van der Waals surface area (Å²) in [5.41, 5.74) is 5.67. The van der Waals surface area contributed by atoms with Crippen molar-refractivity contribution in [3.8, 4) is 0 Å². The molecule has 128 valence electrons. The molecule has 4 unspecified atom stereocenters. The Hall–Kier alpha value is -1.68. The highest BCUT2D eigenvalue weighted by atomic mass is 15.0. The van der Waals surface area contributed by atoms with Gasteiger partial charge in [0.25, 0.3) is 0 Å². The zero-order valence-electron chi connectivity index (χ0n) is 14.3. The van der Waals surface area contributed by atoms with Gasteiger partial charge < -0.3 is 21.3 Å². The molecule has 24 heavy (non-hydrogen) atoms. The zero-order chi connectivity index (χ0) is 15.9. The van der Waals surface area contributed by atoms with E-state index in [4.69, 9.17) is 0 Å². The highest BCUT2D eigenvalue weighted by Gasteiger charge is 2.26. The molecule has 5 aliphatic heterocycles. The highest BCUT2D eigenvalue weighted by molar-refractivity contribution is 5.27. The monoisotopic (exact) mass is 324 g/mol. The maximum Gasteiger partial charge on any atom is 0.0464 e. The Labute approximate surface area is 144 Å². The molecular weight excluding hydrogens is 296 g/mol. The van der Waals surface area contributed by atoms with Crippen LogP contribution in [0.4, 0.5) is 0 Å². The van der Waals surface area contributed by atoms with E-state index < -0.39 is 0 Å². The molecule has 5 rings (SSSR count). The van der Waals surface area contributed by atoms with Gasteiger partial charge in [-0.1, -0.05) is 0 Å². The standard InChI is InChI=1S/C20H28N4/c1-2-14-10-16-5-6-18(23-16)12-20-8-7-19(24-20)11-17-4-3-15(22-17)9-13(1)21-14/h9-14,17-18,21-24H,1-8H2. The van der Waals surface area contributed by atoms with Crippen LogP contribution in [0.1, 0.15) is 51.4 Å². The Balaban J connectivity index is 1.43. The summed E-state index contributed by atoms with van der Waals surface area (Å²) in [7, 11) is 0. The van der Waals surface area contributed by atoms with Crippen molar-refractivity contribution in [3.05, 3.63) is 47.1 Å². The van der Waals surface area contributed by atoms with Gasteiger partial charge in [0.05, 0.1) is 0 Å². The summed E-state index contributed by atoms with van der Waals surface area (Å²) in [5, 5.41) is 14.9. The minimum atomic E-state index is 0.499. The molecule has 4 fully saturated rings. The average Bonchev–Trinajstić information content (AvgIpc) is 3.32. The normalized spacial score (nSPS) is 37.7. The first-order valence-corrected chi connectivity index (χ1v) is 9.69. The van der Waals surface area contributed by atoms with Crippen LogP contribution in [0.5, 0.6) is 0 Å². The molecule has 4 saturated heterocycles. The molecule has 0 amide bonds. The van der Waals surface area contributed by atoms with Crippen molar-refractivity contribution in [1.82, 2.24) is 21.3 Å². The number of hydrogen-bond donors (Lipinski definition) is 4. The molecule has 4 nitrogen and oxygen atoms in total. The Morgan fingerprint density at radius 3 is 1.58 bits per heavy atom.